The van der Waals surface area contributed by atoms with Crippen LogP contribution in [0, 0.1) is 5.92 Å². The summed E-state index contributed by atoms with van der Waals surface area (Å²) in [5, 5.41) is 0. The molecule has 3 heteroatoms. The maximum absolute atomic E-state index is 5.47. The topological polar surface area (TPSA) is 38.0 Å². The second kappa shape index (κ2) is 8.85. The van der Waals surface area contributed by atoms with Gasteiger partial charge in [-0.25, -0.2) is 0 Å². The fraction of sp³-hybridized carbons (Fsp3) is 1.00. The maximum Gasteiger partial charge on any atom is 0.0218 e. The predicted molar refractivity (Wildman–Crippen MR) is 62.8 cm³/mol. The van der Waals surface area contributed by atoms with Crippen molar-refractivity contribution in [3.8, 4) is 0 Å². The van der Waals surface area contributed by atoms with E-state index in [1.165, 1.54) is 31.4 Å². The highest BCUT2D eigenvalue weighted by molar-refractivity contribution is 7.98. The van der Waals surface area contributed by atoms with Crippen LogP contribution in [0.2, 0.25) is 0 Å². The van der Waals surface area contributed by atoms with Gasteiger partial charge in [0.25, 0.3) is 0 Å². The van der Waals surface area contributed by atoms with Gasteiger partial charge >= 0.3 is 0 Å². The highest BCUT2D eigenvalue weighted by Gasteiger charge is 2.05. The van der Waals surface area contributed by atoms with E-state index in [4.69, 9.17) is 5.84 Å². The minimum atomic E-state index is 0.520. The summed E-state index contributed by atoms with van der Waals surface area (Å²) in [6.45, 7) is 4.54. The average molecular weight is 204 g/mol. The molecule has 2 nitrogen and oxygen atoms in total. The lowest BCUT2D eigenvalue weighted by Crippen LogP contribution is -2.35. The molecule has 0 rings (SSSR count). The van der Waals surface area contributed by atoms with Crippen molar-refractivity contribution in [1.82, 2.24) is 5.43 Å². The summed E-state index contributed by atoms with van der Waals surface area (Å²) in [5.74, 6) is 7.49. The van der Waals surface area contributed by atoms with Crippen LogP contribution in [0.25, 0.3) is 0 Å². The van der Waals surface area contributed by atoms with Gasteiger partial charge < -0.3 is 0 Å². The van der Waals surface area contributed by atoms with E-state index in [0.717, 1.165) is 5.92 Å². The third-order valence-corrected chi connectivity index (χ3v) is 2.88. The van der Waals surface area contributed by atoms with E-state index in [-0.39, 0.29) is 0 Å². The van der Waals surface area contributed by atoms with Crippen LogP contribution < -0.4 is 11.3 Å². The van der Waals surface area contributed by atoms with Crippen molar-refractivity contribution >= 4 is 11.8 Å². The molecule has 0 aliphatic heterocycles. The van der Waals surface area contributed by atoms with E-state index < -0.39 is 0 Å². The summed E-state index contributed by atoms with van der Waals surface area (Å²) in [6, 6.07) is 0.520. The number of hydrogen-bond donors (Lipinski definition) is 2. The second-order valence-corrected chi connectivity index (χ2v) is 4.96. The highest BCUT2D eigenvalue weighted by Crippen LogP contribution is 2.11. The van der Waals surface area contributed by atoms with Crippen LogP contribution in [-0.2, 0) is 0 Å². The van der Waals surface area contributed by atoms with Crippen molar-refractivity contribution in [3.05, 3.63) is 0 Å². The molecule has 0 spiro atoms. The smallest absolute Gasteiger partial charge is 0.0218 e. The summed E-state index contributed by atoms with van der Waals surface area (Å²) < 4.78 is 0. The van der Waals surface area contributed by atoms with Crippen LogP contribution in [-0.4, -0.2) is 18.1 Å². The summed E-state index contributed by atoms with van der Waals surface area (Å²) in [6.07, 6.45) is 7.16. The quantitative estimate of drug-likeness (QED) is 0.471. The highest BCUT2D eigenvalue weighted by atomic mass is 32.2. The number of hydrazine groups is 1. The molecule has 1 unspecified atom stereocenters. The van der Waals surface area contributed by atoms with Gasteiger partial charge in [-0.2, -0.15) is 11.8 Å². The normalized spacial score (nSPS) is 13.6. The lowest BCUT2D eigenvalue weighted by Gasteiger charge is -2.15. The first-order valence-corrected chi connectivity index (χ1v) is 6.55. The summed E-state index contributed by atoms with van der Waals surface area (Å²) >= 11 is 1.89. The number of nitrogens with one attached hydrogen (secondary N) is 1. The van der Waals surface area contributed by atoms with E-state index in [2.05, 4.69) is 25.5 Å². The fourth-order valence-electron chi connectivity index (χ4n) is 1.34. The Balaban J connectivity index is 3.36. The summed E-state index contributed by atoms with van der Waals surface area (Å²) in [4.78, 5) is 0. The second-order valence-electron chi connectivity index (χ2n) is 3.97. The van der Waals surface area contributed by atoms with Gasteiger partial charge in [-0.3, -0.25) is 11.3 Å². The van der Waals surface area contributed by atoms with Crippen molar-refractivity contribution in [2.45, 2.75) is 45.6 Å². The van der Waals surface area contributed by atoms with Crippen molar-refractivity contribution in [2.24, 2.45) is 11.8 Å². The Morgan fingerprint density at radius 1 is 1.23 bits per heavy atom. The molecule has 0 aromatic rings. The van der Waals surface area contributed by atoms with Crippen LogP contribution in [0.4, 0.5) is 0 Å². The molecule has 0 aliphatic carbocycles. The zero-order valence-electron chi connectivity index (χ0n) is 9.18. The lowest BCUT2D eigenvalue weighted by atomic mass is 10.0. The Hall–Kier alpha value is 0.270. The molecule has 0 saturated carbocycles. The van der Waals surface area contributed by atoms with E-state index in [1.807, 2.05) is 11.8 Å². The Morgan fingerprint density at radius 2 is 1.92 bits per heavy atom. The fourth-order valence-corrected chi connectivity index (χ4v) is 1.86. The SMILES string of the molecule is CSCCC(CCCC(C)C)NN. The molecular weight excluding hydrogens is 180 g/mol. The summed E-state index contributed by atoms with van der Waals surface area (Å²) in [5.41, 5.74) is 2.90. The molecule has 0 fully saturated rings. The van der Waals surface area contributed by atoms with E-state index in [1.54, 1.807) is 0 Å². The molecule has 0 aromatic carbocycles. The molecule has 0 saturated heterocycles. The molecule has 1 atom stereocenters. The Labute approximate surface area is 87.0 Å². The number of thioether (sulfide) groups is 1. The maximum atomic E-state index is 5.47. The zero-order valence-corrected chi connectivity index (χ0v) is 9.99. The Kier molecular flexibility index (Phi) is 9.03. The third kappa shape index (κ3) is 8.60. The molecule has 0 amide bonds. The van der Waals surface area contributed by atoms with Gasteiger partial charge in [0.2, 0.25) is 0 Å². The lowest BCUT2D eigenvalue weighted by molar-refractivity contribution is 0.437. The Morgan fingerprint density at radius 3 is 2.38 bits per heavy atom. The molecule has 13 heavy (non-hydrogen) atoms. The molecular formula is C10H24N2S. The molecule has 0 aromatic heterocycles. The van der Waals surface area contributed by atoms with Gasteiger partial charge in [-0.05, 0) is 30.8 Å². The van der Waals surface area contributed by atoms with E-state index in [0.29, 0.717) is 6.04 Å². The van der Waals surface area contributed by atoms with Crippen molar-refractivity contribution < 1.29 is 0 Å². The van der Waals surface area contributed by atoms with Crippen LogP contribution >= 0.6 is 11.8 Å². The average Bonchev–Trinajstić information content (AvgIpc) is 2.10. The van der Waals surface area contributed by atoms with Crippen molar-refractivity contribution in [2.75, 3.05) is 12.0 Å². The molecule has 0 heterocycles. The zero-order chi connectivity index (χ0) is 10.1. The van der Waals surface area contributed by atoms with Gasteiger partial charge in [0, 0.05) is 6.04 Å². The van der Waals surface area contributed by atoms with Crippen molar-refractivity contribution in [3.63, 3.8) is 0 Å². The molecule has 0 bridgehead atoms. The monoisotopic (exact) mass is 204 g/mol. The Bertz CT molecular complexity index is 107. The van der Waals surface area contributed by atoms with Gasteiger partial charge in [0.1, 0.15) is 0 Å². The van der Waals surface area contributed by atoms with E-state index in [9.17, 15) is 0 Å². The molecule has 80 valence electrons. The molecule has 0 aliphatic rings. The molecule has 0 radical (unpaired) electrons. The van der Waals surface area contributed by atoms with Crippen LogP contribution in [0.15, 0.2) is 0 Å². The standard InChI is InChI=1S/C10H24N2S/c1-9(2)5-4-6-10(12-11)7-8-13-3/h9-10,12H,4-8,11H2,1-3H3. The van der Waals surface area contributed by atoms with Gasteiger partial charge in [0.15, 0.2) is 0 Å². The molecule has 3 N–H and O–H groups in total. The van der Waals surface area contributed by atoms with Gasteiger partial charge in [0.05, 0.1) is 0 Å². The number of nitrogens with two attached hydrogens (primary N) is 1. The largest absolute Gasteiger partial charge is 0.271 e. The van der Waals surface area contributed by atoms with E-state index >= 15 is 0 Å². The predicted octanol–water partition coefficient (Wildman–Crippen LogP) is 2.40. The third-order valence-electron chi connectivity index (χ3n) is 2.24. The van der Waals surface area contributed by atoms with Gasteiger partial charge in [-0.1, -0.05) is 26.7 Å². The minimum Gasteiger partial charge on any atom is -0.271 e. The first kappa shape index (κ1) is 13.3. The number of hydrogen-bond acceptors (Lipinski definition) is 3. The van der Waals surface area contributed by atoms with Crippen LogP contribution in [0.3, 0.4) is 0 Å². The van der Waals surface area contributed by atoms with Crippen LogP contribution in [0.5, 0.6) is 0 Å². The summed E-state index contributed by atoms with van der Waals surface area (Å²) in [7, 11) is 0. The first-order valence-electron chi connectivity index (χ1n) is 5.15. The van der Waals surface area contributed by atoms with Crippen LogP contribution in [0.1, 0.15) is 39.5 Å². The first-order chi connectivity index (χ1) is 6.20. The van der Waals surface area contributed by atoms with Gasteiger partial charge in [-0.15, -0.1) is 0 Å². The minimum absolute atomic E-state index is 0.520. The number of rotatable bonds is 8. The van der Waals surface area contributed by atoms with Crippen molar-refractivity contribution in [1.29, 1.82) is 0 Å².